The maximum atomic E-state index is 6.58. The van der Waals surface area contributed by atoms with E-state index in [1.165, 1.54) is 55.0 Å². The minimum absolute atomic E-state index is 0.126. The topological polar surface area (TPSA) is 21.3 Å². The van der Waals surface area contributed by atoms with E-state index < -0.39 is 0 Å². The molecule has 0 aliphatic heterocycles. The van der Waals surface area contributed by atoms with Crippen molar-refractivity contribution in [1.82, 2.24) is 4.57 Å². The van der Waals surface area contributed by atoms with Crippen LogP contribution in [0.4, 0.5) is 17.1 Å². The predicted molar refractivity (Wildman–Crippen MR) is 269 cm³/mol. The van der Waals surface area contributed by atoms with Crippen molar-refractivity contribution in [2.45, 2.75) is 19.3 Å². The van der Waals surface area contributed by atoms with Crippen LogP contribution in [0.1, 0.15) is 25.0 Å². The molecule has 0 N–H and O–H groups in total. The molecule has 0 unspecified atom stereocenters. The van der Waals surface area contributed by atoms with E-state index >= 15 is 0 Å². The SMILES string of the molecule is CC1(C)c2ccccc2-c2ccc(N(c3ccc(-c4ccc5c(c4)oc4c6ccccc6ccc54)cc3)c3ccc(-c4ccccc4-n4c5ccccc5c5ccccc54)cc3)cc21. The van der Waals surface area contributed by atoms with Gasteiger partial charge >= 0.3 is 0 Å². The molecule has 0 spiro atoms. The number of para-hydroxylation sites is 3. The van der Waals surface area contributed by atoms with E-state index in [4.69, 9.17) is 4.42 Å². The second-order valence-electron chi connectivity index (χ2n) is 17.7. The number of anilines is 3. The molecule has 2 heterocycles. The van der Waals surface area contributed by atoms with Gasteiger partial charge in [0.2, 0.25) is 0 Å². The Bertz CT molecular complexity index is 3760. The van der Waals surface area contributed by atoms with E-state index in [0.717, 1.165) is 66.8 Å². The summed E-state index contributed by atoms with van der Waals surface area (Å²) in [5.41, 5.74) is 18.6. The Morgan fingerprint density at radius 3 is 1.70 bits per heavy atom. The van der Waals surface area contributed by atoms with Crippen molar-refractivity contribution in [2.75, 3.05) is 4.90 Å². The molecule has 0 saturated heterocycles. The number of nitrogens with zero attached hydrogens (tertiary/aromatic N) is 2. The predicted octanol–water partition coefficient (Wildman–Crippen LogP) is 16.9. The monoisotopic (exact) mass is 818 g/mol. The summed E-state index contributed by atoms with van der Waals surface area (Å²) in [6.45, 7) is 4.70. The van der Waals surface area contributed by atoms with E-state index in [1.54, 1.807) is 0 Å². The highest BCUT2D eigenvalue weighted by atomic mass is 16.3. The van der Waals surface area contributed by atoms with Crippen molar-refractivity contribution in [3.63, 3.8) is 0 Å². The molecule has 13 rings (SSSR count). The van der Waals surface area contributed by atoms with Crippen LogP contribution in [0, 0.1) is 0 Å². The lowest BCUT2D eigenvalue weighted by Gasteiger charge is -2.28. The zero-order valence-corrected chi connectivity index (χ0v) is 35.6. The zero-order chi connectivity index (χ0) is 42.5. The van der Waals surface area contributed by atoms with Crippen LogP contribution in [-0.4, -0.2) is 4.57 Å². The Balaban J connectivity index is 0.915. The number of rotatable bonds is 6. The Morgan fingerprint density at radius 2 is 0.953 bits per heavy atom. The molecule has 2 aromatic heterocycles. The quantitative estimate of drug-likeness (QED) is 0.167. The van der Waals surface area contributed by atoms with Gasteiger partial charge in [-0.15, -0.1) is 0 Å². The van der Waals surface area contributed by atoms with Gasteiger partial charge in [0, 0.05) is 55.0 Å². The molecular formula is C61H42N2O. The van der Waals surface area contributed by atoms with E-state index in [1.807, 2.05) is 0 Å². The normalized spacial score (nSPS) is 13.0. The fourth-order valence-corrected chi connectivity index (χ4v) is 10.7. The van der Waals surface area contributed by atoms with Crippen molar-refractivity contribution in [1.29, 1.82) is 0 Å². The van der Waals surface area contributed by atoms with Crippen LogP contribution in [0.5, 0.6) is 0 Å². The average molecular weight is 819 g/mol. The summed E-state index contributed by atoms with van der Waals surface area (Å²) < 4.78 is 9.00. The summed E-state index contributed by atoms with van der Waals surface area (Å²) in [6, 6.07) is 79.6. The second-order valence-corrected chi connectivity index (χ2v) is 17.7. The standard InChI is InChI=1S/C61H42N2O/c1-61(2)54-19-9-5-16-48(54)49-36-33-45(38-55(49)61)62(43-29-23-39(24-30-43)42-28-34-52-53-35-27-40-13-3-4-15-47(40)60(53)64-59(52)37-42)44-31-25-41(26-32-44)46-14-6-10-20-56(46)63-57-21-11-7-17-50(57)51-18-8-12-22-58(51)63/h3-38H,1-2H3. The van der Waals surface area contributed by atoms with Gasteiger partial charge in [-0.3, -0.25) is 0 Å². The second kappa shape index (κ2) is 13.9. The molecule has 10 aromatic carbocycles. The summed E-state index contributed by atoms with van der Waals surface area (Å²) in [5.74, 6) is 0. The number of fused-ring (bicyclic) bond motifs is 11. The third-order valence-corrected chi connectivity index (χ3v) is 13.8. The lowest BCUT2D eigenvalue weighted by molar-refractivity contribution is 0.660. The number of aromatic nitrogens is 1. The highest BCUT2D eigenvalue weighted by molar-refractivity contribution is 6.15. The maximum absolute atomic E-state index is 6.58. The highest BCUT2D eigenvalue weighted by Gasteiger charge is 2.35. The summed E-state index contributed by atoms with van der Waals surface area (Å²) >= 11 is 0. The van der Waals surface area contributed by atoms with E-state index in [0.29, 0.717) is 0 Å². The summed E-state index contributed by atoms with van der Waals surface area (Å²) in [5, 5.41) is 7.12. The van der Waals surface area contributed by atoms with E-state index in [2.05, 4.69) is 242 Å². The van der Waals surface area contributed by atoms with Gasteiger partial charge in [-0.2, -0.15) is 0 Å². The lowest BCUT2D eigenvalue weighted by Crippen LogP contribution is -2.16. The Labute approximate surface area is 371 Å². The van der Waals surface area contributed by atoms with Gasteiger partial charge in [-0.1, -0.05) is 159 Å². The number of benzene rings is 10. The largest absolute Gasteiger partial charge is 0.455 e. The van der Waals surface area contributed by atoms with Crippen molar-refractivity contribution >= 4 is 71.6 Å². The van der Waals surface area contributed by atoms with Crippen molar-refractivity contribution in [3.8, 4) is 39.1 Å². The van der Waals surface area contributed by atoms with Crippen LogP contribution >= 0.6 is 0 Å². The third kappa shape index (κ3) is 5.47. The summed E-state index contributed by atoms with van der Waals surface area (Å²) in [4.78, 5) is 2.40. The minimum atomic E-state index is -0.126. The first-order valence-corrected chi connectivity index (χ1v) is 22.2. The Hall–Kier alpha value is -8.14. The Kier molecular flexibility index (Phi) is 7.95. The first-order chi connectivity index (χ1) is 31.5. The van der Waals surface area contributed by atoms with E-state index in [9.17, 15) is 0 Å². The highest BCUT2D eigenvalue weighted by Crippen LogP contribution is 2.51. The maximum Gasteiger partial charge on any atom is 0.143 e. The molecule has 302 valence electrons. The first kappa shape index (κ1) is 36.5. The molecule has 0 bridgehead atoms. The molecule has 12 aromatic rings. The Morgan fingerprint density at radius 1 is 0.391 bits per heavy atom. The van der Waals surface area contributed by atoms with Crippen LogP contribution < -0.4 is 4.90 Å². The van der Waals surface area contributed by atoms with Gasteiger partial charge < -0.3 is 13.9 Å². The third-order valence-electron chi connectivity index (χ3n) is 13.8. The minimum Gasteiger partial charge on any atom is -0.455 e. The van der Waals surface area contributed by atoms with Gasteiger partial charge in [0.25, 0.3) is 0 Å². The summed E-state index contributed by atoms with van der Waals surface area (Å²) in [7, 11) is 0. The molecule has 0 amide bonds. The molecule has 0 fully saturated rings. The molecular weight excluding hydrogens is 777 g/mol. The van der Waals surface area contributed by atoms with Gasteiger partial charge in [-0.25, -0.2) is 0 Å². The fourth-order valence-electron chi connectivity index (χ4n) is 10.7. The van der Waals surface area contributed by atoms with Crippen molar-refractivity contribution in [2.24, 2.45) is 0 Å². The fraction of sp³-hybridized carbons (Fsp3) is 0.0492. The molecule has 3 nitrogen and oxygen atoms in total. The molecule has 3 heteroatoms. The zero-order valence-electron chi connectivity index (χ0n) is 35.6. The number of hydrogen-bond donors (Lipinski definition) is 0. The van der Waals surface area contributed by atoms with Gasteiger partial charge in [0.1, 0.15) is 11.2 Å². The van der Waals surface area contributed by atoms with Crippen molar-refractivity contribution in [3.05, 3.63) is 230 Å². The molecule has 0 radical (unpaired) electrons. The van der Waals surface area contributed by atoms with Gasteiger partial charge in [-0.05, 0) is 117 Å². The van der Waals surface area contributed by atoms with Crippen LogP contribution in [0.2, 0.25) is 0 Å². The lowest BCUT2D eigenvalue weighted by atomic mass is 9.82. The van der Waals surface area contributed by atoms with Crippen LogP contribution in [0.15, 0.2) is 223 Å². The summed E-state index contributed by atoms with van der Waals surface area (Å²) in [6.07, 6.45) is 0. The van der Waals surface area contributed by atoms with E-state index in [-0.39, 0.29) is 5.41 Å². The van der Waals surface area contributed by atoms with Crippen LogP contribution in [-0.2, 0) is 5.41 Å². The van der Waals surface area contributed by atoms with Crippen LogP contribution in [0.3, 0.4) is 0 Å². The average Bonchev–Trinajstić information content (AvgIpc) is 3.97. The first-order valence-electron chi connectivity index (χ1n) is 22.2. The van der Waals surface area contributed by atoms with Gasteiger partial charge in [0.15, 0.2) is 0 Å². The van der Waals surface area contributed by atoms with Gasteiger partial charge in [0.05, 0.1) is 16.7 Å². The molecule has 1 aliphatic carbocycles. The molecule has 1 aliphatic rings. The molecule has 64 heavy (non-hydrogen) atoms. The molecule has 0 atom stereocenters. The number of hydrogen-bond acceptors (Lipinski definition) is 2. The molecule has 0 saturated carbocycles. The van der Waals surface area contributed by atoms with Crippen molar-refractivity contribution < 1.29 is 4.42 Å². The smallest absolute Gasteiger partial charge is 0.143 e. The number of furan rings is 1. The van der Waals surface area contributed by atoms with Crippen LogP contribution in [0.25, 0.3) is 93.6 Å².